The van der Waals surface area contributed by atoms with Crippen molar-refractivity contribution in [1.29, 1.82) is 0 Å². The molecule has 0 aliphatic carbocycles. The van der Waals surface area contributed by atoms with E-state index in [1.165, 1.54) is 96.3 Å². The number of ether oxygens (including phenoxy) is 1. The van der Waals surface area contributed by atoms with Gasteiger partial charge < -0.3 is 20.3 Å². The van der Waals surface area contributed by atoms with Crippen LogP contribution in [0.2, 0.25) is 0 Å². The Hall–Kier alpha value is -2.96. The van der Waals surface area contributed by atoms with E-state index >= 15 is 0 Å². The predicted octanol–water partition coefficient (Wildman–Crippen LogP) is 14.8. The molecule has 0 spiro atoms. The Labute approximate surface area is 370 Å². The van der Waals surface area contributed by atoms with Crippen molar-refractivity contribution in [2.24, 2.45) is 0 Å². The highest BCUT2D eigenvalue weighted by molar-refractivity contribution is 5.77. The first-order chi connectivity index (χ1) is 29.5. The fourth-order valence-corrected chi connectivity index (χ4v) is 7.10. The van der Waals surface area contributed by atoms with Crippen LogP contribution in [0, 0.1) is 0 Å². The summed E-state index contributed by atoms with van der Waals surface area (Å²) in [7, 11) is 0. The van der Waals surface area contributed by atoms with Gasteiger partial charge in [0.1, 0.15) is 6.10 Å². The van der Waals surface area contributed by atoms with Gasteiger partial charge in [-0.05, 0) is 64.2 Å². The SMILES string of the molecule is CC/C=C/C=C/C=C\C=C/C=C/CCCC(=O)OC(CCCCCC/C=C/C=C/CCCCC)CC(=O)NC(CO)C(O)CCCCCCCCCCCCCCCCC. The second-order valence-corrected chi connectivity index (χ2v) is 16.6. The Morgan fingerprint density at radius 3 is 1.42 bits per heavy atom. The molecular weight excluding hydrogens is 743 g/mol. The van der Waals surface area contributed by atoms with E-state index in [9.17, 15) is 19.8 Å². The van der Waals surface area contributed by atoms with E-state index in [1.807, 2.05) is 54.7 Å². The molecule has 0 aromatic carbocycles. The van der Waals surface area contributed by atoms with E-state index in [2.05, 4.69) is 56.5 Å². The summed E-state index contributed by atoms with van der Waals surface area (Å²) in [5, 5.41) is 23.7. The smallest absolute Gasteiger partial charge is 0.306 e. The normalized spacial score (nSPS) is 14.0. The Morgan fingerprint density at radius 2 is 0.900 bits per heavy atom. The standard InChI is InChI=1S/C54H93NO5/c1-4-7-10-13-16-19-22-25-26-29-31-34-37-40-43-46-52(57)51(49-56)55-53(58)48-50(45-42-39-36-33-30-27-23-20-17-14-11-8-5-2)60-54(59)47-44-41-38-35-32-28-24-21-18-15-12-9-6-3/h9,12,15,17-18,20-21,23-24,27-28,32,35,38,50-52,56-57H,4-8,10-11,13-14,16,19,22,25-26,29-31,33-34,36-37,39-49H2,1-3H3,(H,55,58)/b12-9+,18-15+,20-17+,24-21-,27-23+,32-28-,38-35+. The quantitative estimate of drug-likeness (QED) is 0.0323. The third-order valence-electron chi connectivity index (χ3n) is 10.9. The van der Waals surface area contributed by atoms with E-state index in [4.69, 9.17) is 4.74 Å². The number of esters is 1. The van der Waals surface area contributed by atoms with Gasteiger partial charge in [-0.1, -0.05) is 228 Å². The molecule has 0 radical (unpaired) electrons. The van der Waals surface area contributed by atoms with Gasteiger partial charge in [0, 0.05) is 6.42 Å². The lowest BCUT2D eigenvalue weighted by atomic mass is 10.0. The summed E-state index contributed by atoms with van der Waals surface area (Å²) in [6.07, 6.45) is 60.7. The lowest BCUT2D eigenvalue weighted by Gasteiger charge is -2.24. The van der Waals surface area contributed by atoms with Crippen LogP contribution in [-0.2, 0) is 14.3 Å². The highest BCUT2D eigenvalue weighted by Crippen LogP contribution is 2.17. The van der Waals surface area contributed by atoms with Crippen LogP contribution in [0.3, 0.4) is 0 Å². The first-order valence-corrected chi connectivity index (χ1v) is 24.9. The zero-order valence-electron chi connectivity index (χ0n) is 39.1. The minimum Gasteiger partial charge on any atom is -0.462 e. The van der Waals surface area contributed by atoms with Crippen LogP contribution < -0.4 is 5.32 Å². The van der Waals surface area contributed by atoms with Gasteiger partial charge >= 0.3 is 5.97 Å². The van der Waals surface area contributed by atoms with Crippen molar-refractivity contribution < 1.29 is 24.5 Å². The van der Waals surface area contributed by atoms with Gasteiger partial charge in [-0.2, -0.15) is 0 Å². The number of carbonyl (C=O) groups is 2. The molecule has 0 aromatic heterocycles. The van der Waals surface area contributed by atoms with E-state index in [-0.39, 0.29) is 24.9 Å². The Bertz CT molecular complexity index is 1160. The van der Waals surface area contributed by atoms with Crippen LogP contribution >= 0.6 is 0 Å². The number of aliphatic hydroxyl groups excluding tert-OH is 2. The Morgan fingerprint density at radius 1 is 0.500 bits per heavy atom. The summed E-state index contributed by atoms with van der Waals surface area (Å²) >= 11 is 0. The fourth-order valence-electron chi connectivity index (χ4n) is 7.10. The molecule has 0 bridgehead atoms. The van der Waals surface area contributed by atoms with Gasteiger partial charge in [0.25, 0.3) is 0 Å². The average Bonchev–Trinajstić information content (AvgIpc) is 3.24. The molecule has 0 aliphatic heterocycles. The summed E-state index contributed by atoms with van der Waals surface area (Å²) in [5.41, 5.74) is 0. The molecule has 0 saturated carbocycles. The summed E-state index contributed by atoms with van der Waals surface area (Å²) in [5.74, 6) is -0.588. The molecule has 0 fully saturated rings. The number of allylic oxidation sites excluding steroid dienone is 14. The Balaban J connectivity index is 4.70. The van der Waals surface area contributed by atoms with Gasteiger partial charge in [0.2, 0.25) is 5.91 Å². The van der Waals surface area contributed by atoms with Crippen molar-refractivity contribution in [3.63, 3.8) is 0 Å². The molecule has 344 valence electrons. The molecule has 6 nitrogen and oxygen atoms in total. The minimum atomic E-state index is -0.809. The molecule has 0 rings (SSSR count). The molecule has 0 aliphatic rings. The van der Waals surface area contributed by atoms with Gasteiger partial charge in [0.15, 0.2) is 0 Å². The minimum absolute atomic E-state index is 0.0313. The summed E-state index contributed by atoms with van der Waals surface area (Å²) < 4.78 is 5.87. The van der Waals surface area contributed by atoms with Crippen molar-refractivity contribution in [3.8, 4) is 0 Å². The largest absolute Gasteiger partial charge is 0.462 e. The number of aliphatic hydroxyl groups is 2. The van der Waals surface area contributed by atoms with E-state index in [0.717, 1.165) is 70.6 Å². The fraction of sp³-hybridized carbons (Fsp3) is 0.704. The molecule has 0 heterocycles. The summed E-state index contributed by atoms with van der Waals surface area (Å²) in [6, 6.07) is -0.726. The Kier molecular flexibility index (Phi) is 44.8. The maximum absolute atomic E-state index is 13.2. The zero-order valence-corrected chi connectivity index (χ0v) is 39.1. The molecule has 0 aromatic rings. The van der Waals surface area contributed by atoms with Crippen molar-refractivity contribution >= 4 is 11.9 Å². The number of rotatable bonds is 43. The lowest BCUT2D eigenvalue weighted by molar-refractivity contribution is -0.151. The number of nitrogens with one attached hydrogen (secondary N) is 1. The van der Waals surface area contributed by atoms with Gasteiger partial charge in [-0.3, -0.25) is 9.59 Å². The first kappa shape index (κ1) is 57.0. The summed E-state index contributed by atoms with van der Waals surface area (Å²) in [4.78, 5) is 26.0. The molecule has 3 N–H and O–H groups in total. The van der Waals surface area contributed by atoms with Gasteiger partial charge in [-0.25, -0.2) is 0 Å². The van der Waals surface area contributed by atoms with Crippen molar-refractivity contribution in [2.75, 3.05) is 6.61 Å². The van der Waals surface area contributed by atoms with Crippen molar-refractivity contribution in [2.45, 2.75) is 238 Å². The molecule has 1 amide bonds. The molecular formula is C54H93NO5. The van der Waals surface area contributed by atoms with E-state index < -0.39 is 18.2 Å². The predicted molar refractivity (Wildman–Crippen MR) is 259 cm³/mol. The molecule has 6 heteroatoms. The number of amides is 1. The third-order valence-corrected chi connectivity index (χ3v) is 10.9. The number of carbonyl (C=O) groups excluding carboxylic acids is 2. The topological polar surface area (TPSA) is 95.9 Å². The number of hydrogen-bond donors (Lipinski definition) is 3. The lowest BCUT2D eigenvalue weighted by Crippen LogP contribution is -2.46. The highest BCUT2D eigenvalue weighted by Gasteiger charge is 2.24. The molecule has 0 saturated heterocycles. The average molecular weight is 836 g/mol. The second-order valence-electron chi connectivity index (χ2n) is 16.6. The molecule has 3 atom stereocenters. The van der Waals surface area contributed by atoms with Crippen LogP contribution in [0.5, 0.6) is 0 Å². The monoisotopic (exact) mass is 836 g/mol. The third kappa shape index (κ3) is 41.8. The maximum Gasteiger partial charge on any atom is 0.306 e. The van der Waals surface area contributed by atoms with Crippen LogP contribution in [0.1, 0.15) is 220 Å². The van der Waals surface area contributed by atoms with Crippen LogP contribution in [-0.4, -0.2) is 46.9 Å². The van der Waals surface area contributed by atoms with Crippen molar-refractivity contribution in [3.05, 3.63) is 85.1 Å². The molecule has 60 heavy (non-hydrogen) atoms. The zero-order chi connectivity index (χ0) is 43.8. The van der Waals surface area contributed by atoms with E-state index in [0.29, 0.717) is 25.7 Å². The highest BCUT2D eigenvalue weighted by atomic mass is 16.5. The van der Waals surface area contributed by atoms with Gasteiger partial charge in [-0.15, -0.1) is 0 Å². The number of unbranched alkanes of at least 4 members (excludes halogenated alkanes) is 22. The molecule has 3 unspecified atom stereocenters. The maximum atomic E-state index is 13.2. The summed E-state index contributed by atoms with van der Waals surface area (Å²) in [6.45, 7) is 6.28. The van der Waals surface area contributed by atoms with Crippen LogP contribution in [0.25, 0.3) is 0 Å². The van der Waals surface area contributed by atoms with E-state index in [1.54, 1.807) is 0 Å². The first-order valence-electron chi connectivity index (χ1n) is 24.9. The van der Waals surface area contributed by atoms with Crippen LogP contribution in [0.4, 0.5) is 0 Å². The van der Waals surface area contributed by atoms with Crippen LogP contribution in [0.15, 0.2) is 85.1 Å². The van der Waals surface area contributed by atoms with Crippen molar-refractivity contribution in [1.82, 2.24) is 5.32 Å². The number of hydrogen-bond acceptors (Lipinski definition) is 5. The van der Waals surface area contributed by atoms with Gasteiger partial charge in [0.05, 0.1) is 25.2 Å². The second kappa shape index (κ2) is 47.1.